The van der Waals surface area contributed by atoms with Gasteiger partial charge < -0.3 is 0 Å². The number of benzene rings is 2. The third-order valence-corrected chi connectivity index (χ3v) is 3.74. The minimum Gasteiger partial charge on any atom is -0.254 e. The van der Waals surface area contributed by atoms with Crippen LogP contribution in [0.25, 0.3) is 10.8 Å². The molecule has 16 heavy (non-hydrogen) atoms. The Balaban J connectivity index is 2.33. The van der Waals surface area contributed by atoms with Gasteiger partial charge in [0.2, 0.25) is 0 Å². The molecule has 0 bridgehead atoms. The molecule has 0 saturated carbocycles. The van der Waals surface area contributed by atoms with Gasteiger partial charge in [0.15, 0.2) is 0 Å². The molecule has 2 rings (SSSR count). The monoisotopic (exact) mass is 229 g/mol. The zero-order valence-electron chi connectivity index (χ0n) is 8.72. The van der Waals surface area contributed by atoms with Crippen molar-refractivity contribution in [3.8, 4) is 6.07 Å². The Morgan fingerprint density at radius 1 is 1.12 bits per heavy atom. The lowest BCUT2D eigenvalue weighted by atomic mass is 10.1. The molecule has 0 N–H and O–H groups in total. The highest BCUT2D eigenvalue weighted by Gasteiger charge is 2.03. The molecule has 2 nitrogen and oxygen atoms in total. The van der Waals surface area contributed by atoms with Crippen molar-refractivity contribution in [2.75, 3.05) is 5.75 Å². The summed E-state index contributed by atoms with van der Waals surface area (Å²) >= 11 is 0. The zero-order valence-corrected chi connectivity index (χ0v) is 9.54. The van der Waals surface area contributed by atoms with Gasteiger partial charge in [-0.05, 0) is 22.9 Å². The van der Waals surface area contributed by atoms with Gasteiger partial charge in [-0.1, -0.05) is 30.3 Å². The number of hydrogen-bond donors (Lipinski definition) is 0. The van der Waals surface area contributed by atoms with Crippen molar-refractivity contribution in [1.82, 2.24) is 0 Å². The topological polar surface area (TPSA) is 40.9 Å². The molecular weight excluding hydrogens is 218 g/mol. The lowest BCUT2D eigenvalue weighted by molar-refractivity contribution is 0.683. The van der Waals surface area contributed by atoms with Gasteiger partial charge in [-0.25, -0.2) is 0 Å². The van der Waals surface area contributed by atoms with E-state index >= 15 is 0 Å². The van der Waals surface area contributed by atoms with E-state index in [1.807, 2.05) is 48.5 Å². The van der Waals surface area contributed by atoms with Crippen LogP contribution in [-0.2, 0) is 10.8 Å². The Morgan fingerprint density at radius 2 is 1.88 bits per heavy atom. The third kappa shape index (κ3) is 2.29. The van der Waals surface area contributed by atoms with Gasteiger partial charge in [-0.2, -0.15) is 5.26 Å². The van der Waals surface area contributed by atoms with Crippen LogP contribution in [0.3, 0.4) is 0 Å². The fourth-order valence-corrected chi connectivity index (χ4v) is 2.56. The maximum Gasteiger partial charge on any atom is 0.0631 e. The van der Waals surface area contributed by atoms with E-state index in [-0.39, 0.29) is 0 Å². The Morgan fingerprint density at radius 3 is 2.62 bits per heavy atom. The van der Waals surface area contributed by atoms with E-state index in [2.05, 4.69) is 0 Å². The first-order valence-corrected chi connectivity index (χ1v) is 6.37. The fourth-order valence-electron chi connectivity index (χ4n) is 1.57. The summed E-state index contributed by atoms with van der Waals surface area (Å²) in [5, 5.41) is 10.7. The van der Waals surface area contributed by atoms with Crippen LogP contribution in [0.5, 0.6) is 0 Å². The zero-order chi connectivity index (χ0) is 11.4. The largest absolute Gasteiger partial charge is 0.254 e. The summed E-state index contributed by atoms with van der Waals surface area (Å²) in [6.45, 7) is 0. The molecule has 0 aliphatic rings. The average molecular weight is 229 g/mol. The van der Waals surface area contributed by atoms with E-state index in [0.29, 0.717) is 12.2 Å². The summed E-state index contributed by atoms with van der Waals surface area (Å²) in [5.41, 5.74) is 0. The van der Waals surface area contributed by atoms with E-state index < -0.39 is 10.8 Å². The quantitative estimate of drug-likeness (QED) is 0.812. The second kappa shape index (κ2) is 4.91. The Bertz CT molecular complexity index is 571. The van der Waals surface area contributed by atoms with Crippen LogP contribution < -0.4 is 0 Å². The van der Waals surface area contributed by atoms with E-state index in [1.165, 1.54) is 0 Å². The van der Waals surface area contributed by atoms with Crippen LogP contribution in [0.4, 0.5) is 0 Å². The molecule has 1 atom stereocenters. The van der Waals surface area contributed by atoms with Crippen molar-refractivity contribution >= 4 is 21.6 Å². The van der Waals surface area contributed by atoms with Crippen molar-refractivity contribution in [3.05, 3.63) is 42.5 Å². The van der Waals surface area contributed by atoms with Gasteiger partial charge >= 0.3 is 0 Å². The fraction of sp³-hybridized carbons (Fsp3) is 0.154. The number of fused-ring (bicyclic) bond motifs is 1. The average Bonchev–Trinajstić information content (AvgIpc) is 2.35. The summed E-state index contributed by atoms with van der Waals surface area (Å²) in [6, 6.07) is 15.8. The van der Waals surface area contributed by atoms with Gasteiger partial charge in [0, 0.05) is 17.1 Å². The lowest BCUT2D eigenvalue weighted by Crippen LogP contribution is -1.96. The first-order chi connectivity index (χ1) is 7.81. The van der Waals surface area contributed by atoms with Crippen LogP contribution in [0.15, 0.2) is 47.4 Å². The summed E-state index contributed by atoms with van der Waals surface area (Å²) in [6.07, 6.45) is 0.333. The second-order valence-corrected chi connectivity index (χ2v) is 5.04. The second-order valence-electron chi connectivity index (χ2n) is 3.47. The number of nitrogens with zero attached hydrogens (tertiary/aromatic N) is 1. The summed E-state index contributed by atoms with van der Waals surface area (Å²) in [7, 11) is -1.06. The minimum absolute atomic E-state index is 0.333. The van der Waals surface area contributed by atoms with Crippen LogP contribution in [-0.4, -0.2) is 9.96 Å². The summed E-state index contributed by atoms with van der Waals surface area (Å²) in [4.78, 5) is 0.800. The molecule has 0 aromatic heterocycles. The van der Waals surface area contributed by atoms with Crippen LogP contribution in [0, 0.1) is 11.3 Å². The third-order valence-electron chi connectivity index (χ3n) is 2.38. The molecule has 80 valence electrons. The molecule has 0 spiro atoms. The molecule has 1 unspecified atom stereocenters. The first kappa shape index (κ1) is 10.8. The van der Waals surface area contributed by atoms with E-state index in [0.717, 1.165) is 15.7 Å². The highest BCUT2D eigenvalue weighted by molar-refractivity contribution is 7.85. The summed E-state index contributed by atoms with van der Waals surface area (Å²) < 4.78 is 11.8. The minimum atomic E-state index is -1.06. The van der Waals surface area contributed by atoms with Crippen molar-refractivity contribution in [3.63, 3.8) is 0 Å². The van der Waals surface area contributed by atoms with E-state index in [9.17, 15) is 4.21 Å². The van der Waals surface area contributed by atoms with Gasteiger partial charge in [-0.3, -0.25) is 4.21 Å². The van der Waals surface area contributed by atoms with Crippen molar-refractivity contribution in [2.45, 2.75) is 11.3 Å². The van der Waals surface area contributed by atoms with Crippen molar-refractivity contribution in [2.24, 2.45) is 0 Å². The number of hydrogen-bond acceptors (Lipinski definition) is 2. The van der Waals surface area contributed by atoms with Crippen LogP contribution in [0.2, 0.25) is 0 Å². The molecular formula is C13H11NOS. The Labute approximate surface area is 97.0 Å². The molecule has 0 heterocycles. The van der Waals surface area contributed by atoms with Crippen molar-refractivity contribution < 1.29 is 4.21 Å². The lowest BCUT2D eigenvalue weighted by Gasteiger charge is -2.02. The first-order valence-electron chi connectivity index (χ1n) is 5.05. The van der Waals surface area contributed by atoms with E-state index in [1.54, 1.807) is 0 Å². The van der Waals surface area contributed by atoms with Gasteiger partial charge in [-0.15, -0.1) is 0 Å². The molecule has 3 heteroatoms. The molecule has 2 aromatic carbocycles. The normalized spacial score (nSPS) is 12.2. The molecule has 0 amide bonds. The molecule has 0 aliphatic carbocycles. The standard InChI is InChI=1S/C13H11NOS/c14-8-3-9-16(15)13-7-6-11-4-1-2-5-12(11)10-13/h1-2,4-7,10H,3,9H2. The van der Waals surface area contributed by atoms with Gasteiger partial charge in [0.05, 0.1) is 16.9 Å². The number of nitriles is 1. The predicted octanol–water partition coefficient (Wildman–Crippen LogP) is 2.86. The predicted molar refractivity (Wildman–Crippen MR) is 65.5 cm³/mol. The molecule has 0 saturated heterocycles. The van der Waals surface area contributed by atoms with Gasteiger partial charge in [0.25, 0.3) is 0 Å². The summed E-state index contributed by atoms with van der Waals surface area (Å²) in [5.74, 6) is 0.412. The van der Waals surface area contributed by atoms with Crippen molar-refractivity contribution in [1.29, 1.82) is 5.26 Å². The molecule has 0 radical (unpaired) electrons. The highest BCUT2D eigenvalue weighted by atomic mass is 32.2. The highest BCUT2D eigenvalue weighted by Crippen LogP contribution is 2.18. The maximum atomic E-state index is 11.8. The van der Waals surface area contributed by atoms with E-state index in [4.69, 9.17) is 5.26 Å². The van der Waals surface area contributed by atoms with Crippen LogP contribution in [0.1, 0.15) is 6.42 Å². The van der Waals surface area contributed by atoms with Crippen LogP contribution >= 0.6 is 0 Å². The smallest absolute Gasteiger partial charge is 0.0631 e. The Kier molecular flexibility index (Phi) is 3.33. The van der Waals surface area contributed by atoms with Gasteiger partial charge in [0.1, 0.15) is 0 Å². The maximum absolute atomic E-state index is 11.8. The molecule has 2 aromatic rings. The number of rotatable bonds is 3. The Hall–Kier alpha value is -1.66. The molecule has 0 fully saturated rings. The molecule has 0 aliphatic heterocycles. The SMILES string of the molecule is N#CCCS(=O)c1ccc2ccccc2c1.